The maximum Gasteiger partial charge on any atom is 0.283 e. The summed E-state index contributed by atoms with van der Waals surface area (Å²) in [4.78, 5) is 35.2. The largest absolute Gasteiger partial charge is 0.493 e. The van der Waals surface area contributed by atoms with Crippen LogP contribution in [0.1, 0.15) is 62.2 Å². The molecule has 148 valence electrons. The van der Waals surface area contributed by atoms with Gasteiger partial charge in [-0.2, -0.15) is 0 Å². The van der Waals surface area contributed by atoms with Gasteiger partial charge < -0.3 is 14.7 Å². The number of hydrogen-bond donors (Lipinski definition) is 1. The smallest absolute Gasteiger partial charge is 0.283 e. The highest BCUT2D eigenvalue weighted by Gasteiger charge is 2.28. The lowest BCUT2D eigenvalue weighted by molar-refractivity contribution is -0.385. The Morgan fingerprint density at radius 2 is 2.11 bits per heavy atom. The Morgan fingerprint density at radius 1 is 1.41 bits per heavy atom. The third kappa shape index (κ3) is 5.75. The molecular formula is C19H26N2O6. The lowest BCUT2D eigenvalue weighted by atomic mass is 9.93. The number of hydrogen-bond acceptors (Lipinski definition) is 6. The van der Waals surface area contributed by atoms with Gasteiger partial charge in [0, 0.05) is 12.5 Å². The maximum absolute atomic E-state index is 12.5. The van der Waals surface area contributed by atoms with Crippen molar-refractivity contribution in [2.24, 2.45) is 0 Å². The highest BCUT2D eigenvalue weighted by molar-refractivity contribution is 5.81. The molecule has 1 unspecified atom stereocenters. The van der Waals surface area contributed by atoms with Crippen molar-refractivity contribution in [3.8, 4) is 5.75 Å². The van der Waals surface area contributed by atoms with E-state index in [0.717, 1.165) is 25.7 Å². The first-order chi connectivity index (χ1) is 12.9. The first kappa shape index (κ1) is 20.8. The van der Waals surface area contributed by atoms with Crippen LogP contribution in [0.4, 0.5) is 5.69 Å². The van der Waals surface area contributed by atoms with Gasteiger partial charge in [0.15, 0.2) is 6.29 Å². The summed E-state index contributed by atoms with van der Waals surface area (Å²) in [5, 5.41) is 20.9. The normalized spacial score (nSPS) is 15.8. The number of ether oxygens (including phenoxy) is 1. The van der Waals surface area contributed by atoms with Gasteiger partial charge in [0.1, 0.15) is 12.0 Å². The van der Waals surface area contributed by atoms with E-state index in [1.165, 1.54) is 24.6 Å². The third-order valence-corrected chi connectivity index (χ3v) is 4.79. The third-order valence-electron chi connectivity index (χ3n) is 4.79. The molecule has 0 radical (unpaired) electrons. The Kier molecular flexibility index (Phi) is 7.72. The van der Waals surface area contributed by atoms with Gasteiger partial charge in [-0.25, -0.2) is 0 Å². The molecule has 8 heteroatoms. The first-order valence-corrected chi connectivity index (χ1v) is 9.29. The molecule has 1 aromatic carbocycles. The Labute approximate surface area is 158 Å². The summed E-state index contributed by atoms with van der Waals surface area (Å²) in [5.74, 6) is 0.169. The maximum atomic E-state index is 12.5. The molecule has 2 rings (SSSR count). The van der Waals surface area contributed by atoms with E-state index in [1.807, 2.05) is 0 Å². The number of amides is 1. The molecule has 0 saturated heterocycles. The minimum absolute atomic E-state index is 0.0115. The van der Waals surface area contributed by atoms with Crippen LogP contribution in [0.2, 0.25) is 0 Å². The highest BCUT2D eigenvalue weighted by atomic mass is 16.6. The molecule has 1 aliphatic rings. The van der Waals surface area contributed by atoms with E-state index in [-0.39, 0.29) is 42.0 Å². The van der Waals surface area contributed by atoms with Crippen molar-refractivity contribution in [2.45, 2.75) is 64.1 Å². The fourth-order valence-corrected chi connectivity index (χ4v) is 3.49. The lowest BCUT2D eigenvalue weighted by Crippen LogP contribution is -2.46. The molecule has 27 heavy (non-hydrogen) atoms. The summed E-state index contributed by atoms with van der Waals surface area (Å²) < 4.78 is 5.48. The summed E-state index contributed by atoms with van der Waals surface area (Å²) in [6.45, 7) is 1.82. The summed E-state index contributed by atoms with van der Waals surface area (Å²) >= 11 is 0. The number of aliphatic hydroxyl groups excluding tert-OH is 1. The predicted octanol–water partition coefficient (Wildman–Crippen LogP) is 3.07. The van der Waals surface area contributed by atoms with E-state index in [2.05, 4.69) is 0 Å². The van der Waals surface area contributed by atoms with Gasteiger partial charge in [0.25, 0.3) is 5.69 Å². The average molecular weight is 378 g/mol. The van der Waals surface area contributed by atoms with Gasteiger partial charge in [-0.15, -0.1) is 0 Å². The van der Waals surface area contributed by atoms with Crippen LogP contribution in [0.15, 0.2) is 18.2 Å². The van der Waals surface area contributed by atoms with Crippen LogP contribution in [-0.2, 0) is 4.79 Å². The van der Waals surface area contributed by atoms with Gasteiger partial charge in [0.2, 0.25) is 5.91 Å². The summed E-state index contributed by atoms with van der Waals surface area (Å²) in [6, 6.07) is 4.12. The van der Waals surface area contributed by atoms with E-state index in [4.69, 9.17) is 4.74 Å². The number of nitrogens with zero attached hydrogens (tertiary/aromatic N) is 2. The van der Waals surface area contributed by atoms with Crippen molar-refractivity contribution in [3.05, 3.63) is 33.9 Å². The fraction of sp³-hybridized carbons (Fsp3) is 0.579. The van der Waals surface area contributed by atoms with Crippen molar-refractivity contribution in [1.82, 2.24) is 4.90 Å². The molecule has 0 bridgehead atoms. The molecule has 1 amide bonds. The van der Waals surface area contributed by atoms with Crippen molar-refractivity contribution < 1.29 is 24.4 Å². The quantitative estimate of drug-likeness (QED) is 0.232. The van der Waals surface area contributed by atoms with E-state index < -0.39 is 11.2 Å². The molecule has 1 N–H and O–H groups in total. The minimum Gasteiger partial charge on any atom is -0.493 e. The number of aldehydes is 1. The molecule has 0 aromatic heterocycles. The lowest BCUT2D eigenvalue weighted by Gasteiger charge is -2.36. The Hall–Kier alpha value is -2.48. The number of benzene rings is 1. The van der Waals surface area contributed by atoms with Crippen LogP contribution in [0.25, 0.3) is 0 Å². The van der Waals surface area contributed by atoms with Gasteiger partial charge in [-0.1, -0.05) is 19.3 Å². The molecular weight excluding hydrogens is 352 g/mol. The fourth-order valence-electron chi connectivity index (χ4n) is 3.49. The van der Waals surface area contributed by atoms with Crippen molar-refractivity contribution in [1.29, 1.82) is 0 Å². The zero-order valence-electron chi connectivity index (χ0n) is 15.5. The first-order valence-electron chi connectivity index (χ1n) is 9.29. The number of aliphatic hydroxyl groups is 1. The van der Waals surface area contributed by atoms with Crippen LogP contribution in [-0.4, -0.2) is 46.0 Å². The molecule has 1 fully saturated rings. The second-order valence-electron chi connectivity index (χ2n) is 6.77. The molecule has 0 heterocycles. The molecule has 0 aliphatic heterocycles. The Balaban J connectivity index is 1.86. The van der Waals surface area contributed by atoms with Gasteiger partial charge >= 0.3 is 0 Å². The van der Waals surface area contributed by atoms with E-state index in [0.29, 0.717) is 12.7 Å². The van der Waals surface area contributed by atoms with Crippen molar-refractivity contribution in [3.63, 3.8) is 0 Å². The second-order valence-corrected chi connectivity index (χ2v) is 6.77. The molecule has 0 spiro atoms. The zero-order valence-corrected chi connectivity index (χ0v) is 15.5. The Bertz CT molecular complexity index is 670. The number of carbonyl (C=O) groups is 2. The van der Waals surface area contributed by atoms with Crippen LogP contribution in [0.3, 0.4) is 0 Å². The predicted molar refractivity (Wildman–Crippen MR) is 98.6 cm³/mol. The molecule has 8 nitrogen and oxygen atoms in total. The van der Waals surface area contributed by atoms with E-state index in [1.54, 1.807) is 11.8 Å². The van der Waals surface area contributed by atoms with Gasteiger partial charge in [-0.05, 0) is 38.3 Å². The summed E-state index contributed by atoms with van der Waals surface area (Å²) in [5.41, 5.74) is -0.321. The molecule has 1 aromatic rings. The average Bonchev–Trinajstić information content (AvgIpc) is 2.65. The van der Waals surface area contributed by atoms with Crippen molar-refractivity contribution in [2.75, 3.05) is 6.61 Å². The summed E-state index contributed by atoms with van der Waals surface area (Å²) in [6.07, 6.45) is 5.41. The van der Waals surface area contributed by atoms with Gasteiger partial charge in [-0.3, -0.25) is 19.7 Å². The van der Waals surface area contributed by atoms with E-state index >= 15 is 0 Å². The summed E-state index contributed by atoms with van der Waals surface area (Å²) in [7, 11) is 0. The van der Waals surface area contributed by atoms with Crippen LogP contribution < -0.4 is 4.74 Å². The van der Waals surface area contributed by atoms with Crippen LogP contribution in [0, 0.1) is 10.1 Å². The van der Waals surface area contributed by atoms with Gasteiger partial charge in [0.05, 0.1) is 23.2 Å². The Morgan fingerprint density at radius 3 is 2.70 bits per heavy atom. The number of nitro benzene ring substituents is 1. The van der Waals surface area contributed by atoms with E-state index in [9.17, 15) is 24.8 Å². The van der Waals surface area contributed by atoms with Crippen LogP contribution in [0.5, 0.6) is 5.75 Å². The molecule has 1 aliphatic carbocycles. The SMILES string of the molecule is CC(O)N(C(=O)CCCOc1ccc(C=O)c([N+](=O)[O-])c1)C1CCCCC1. The molecule has 1 atom stereocenters. The minimum atomic E-state index is -0.819. The monoisotopic (exact) mass is 378 g/mol. The number of carbonyl (C=O) groups excluding carboxylic acids is 2. The van der Waals surface area contributed by atoms with Crippen LogP contribution >= 0.6 is 0 Å². The number of nitro groups is 1. The zero-order chi connectivity index (χ0) is 19.8. The topological polar surface area (TPSA) is 110 Å². The number of rotatable bonds is 9. The molecule has 1 saturated carbocycles. The highest BCUT2D eigenvalue weighted by Crippen LogP contribution is 2.25. The van der Waals surface area contributed by atoms with Crippen molar-refractivity contribution >= 4 is 17.9 Å². The second kappa shape index (κ2) is 10.0. The standard InChI is InChI=1S/C19H26N2O6/c1-14(23)20(16-6-3-2-4-7-16)19(24)8-5-11-27-17-10-9-15(13-22)18(12-17)21(25)26/h9-10,12-14,16,23H,2-8,11H2,1H3.